The zero-order valence-corrected chi connectivity index (χ0v) is 14.6. The van der Waals surface area contributed by atoms with E-state index in [9.17, 15) is 0 Å². The third-order valence-electron chi connectivity index (χ3n) is 2.04. The first kappa shape index (κ1) is 16.0. The van der Waals surface area contributed by atoms with Gasteiger partial charge in [0, 0.05) is 0 Å². The summed E-state index contributed by atoms with van der Waals surface area (Å²) in [5.41, 5.74) is 2.37. The van der Waals surface area contributed by atoms with E-state index >= 15 is 0 Å². The van der Waals surface area contributed by atoms with E-state index in [2.05, 4.69) is 26.5 Å². The van der Waals surface area contributed by atoms with E-state index in [0.29, 0.717) is 5.92 Å². The molecule has 0 fully saturated rings. The van der Waals surface area contributed by atoms with Crippen molar-refractivity contribution in [2.45, 2.75) is 30.9 Å². The van der Waals surface area contributed by atoms with Crippen LogP contribution in [0.3, 0.4) is 0 Å². The molecule has 0 spiro atoms. The Kier molecular flexibility index (Phi) is 7.89. The second-order valence-corrected chi connectivity index (χ2v) is 5.16. The largest absolute Gasteiger partial charge is 1.00 e. The third-order valence-corrected chi connectivity index (χ3v) is 3.83. The van der Waals surface area contributed by atoms with Crippen LogP contribution in [0.4, 0.5) is 0 Å². The molecule has 1 aromatic heterocycles. The van der Waals surface area contributed by atoms with Gasteiger partial charge in [0.25, 0.3) is 0 Å². The third kappa shape index (κ3) is 3.77. The minimum absolute atomic E-state index is 0. The summed E-state index contributed by atoms with van der Waals surface area (Å²) in [6.07, 6.45) is 6.01. The summed E-state index contributed by atoms with van der Waals surface area (Å²) in [4.78, 5) is 1.35. The molecule has 0 amide bonds. The molecule has 0 N–H and O–H groups in total. The number of allylic oxidation sites excluding steroid dienone is 1. The van der Waals surface area contributed by atoms with E-state index in [-0.39, 0.29) is 51.4 Å². The molecule has 0 unspecified atom stereocenters. The Morgan fingerprint density at radius 3 is 2.33 bits per heavy atom. The quantitative estimate of drug-likeness (QED) is 0.587. The van der Waals surface area contributed by atoms with Gasteiger partial charge in [0.1, 0.15) is 0 Å². The van der Waals surface area contributed by atoms with Crippen molar-refractivity contribution in [2.75, 3.05) is 0 Å². The van der Waals surface area contributed by atoms with E-state index in [4.69, 9.17) is 12.6 Å². The van der Waals surface area contributed by atoms with Gasteiger partial charge < -0.3 is 24.0 Å². The van der Waals surface area contributed by atoms with Crippen LogP contribution >= 0.6 is 11.3 Å². The molecule has 76 valence electrons. The number of thiophene rings is 1. The average Bonchev–Trinajstić information content (AvgIpc) is 2.44. The molecule has 1 aromatic rings. The Morgan fingerprint density at radius 1 is 1.33 bits per heavy atom. The molecule has 0 aromatic carbocycles. The van der Waals surface area contributed by atoms with Crippen LogP contribution in [-0.4, -0.2) is 0 Å². The fourth-order valence-electron chi connectivity index (χ4n) is 1.42. The summed E-state index contributed by atoms with van der Waals surface area (Å²) in [7, 11) is 0. The van der Waals surface area contributed by atoms with Gasteiger partial charge in [0.15, 0.2) is 0 Å². The summed E-state index contributed by atoms with van der Waals surface area (Å²) in [5.74, 6) is 0.522. The van der Waals surface area contributed by atoms with E-state index in [1.54, 1.807) is 11.3 Å². The monoisotopic (exact) mass is 262 g/mol. The molecule has 0 saturated heterocycles. The van der Waals surface area contributed by atoms with Crippen molar-refractivity contribution in [3.63, 3.8) is 0 Å². The van der Waals surface area contributed by atoms with Crippen LogP contribution in [0.1, 0.15) is 42.7 Å². The molecule has 1 heterocycles. The molecular weight excluding hydrogens is 247 g/mol. The van der Waals surface area contributed by atoms with E-state index in [1.165, 1.54) is 10.4 Å². The van der Waals surface area contributed by atoms with Crippen LogP contribution in [0.5, 0.6) is 0 Å². The van der Waals surface area contributed by atoms with Crippen LogP contribution in [0.25, 0.3) is 12.2 Å². The van der Waals surface area contributed by atoms with Crippen LogP contribution in [0, 0.1) is 0 Å². The fraction of sp³-hybridized carbons (Fsp3) is 0.333. The van der Waals surface area contributed by atoms with Gasteiger partial charge in [0.05, 0.1) is 0 Å². The van der Waals surface area contributed by atoms with Gasteiger partial charge in [-0.05, 0) is 24.0 Å². The van der Waals surface area contributed by atoms with Crippen molar-refractivity contribution in [1.29, 1.82) is 0 Å². The van der Waals surface area contributed by atoms with Gasteiger partial charge in [-0.3, -0.25) is 0 Å². The summed E-state index contributed by atoms with van der Waals surface area (Å²) in [5, 5.41) is 0. The normalized spacial score (nSPS) is 10.7. The first-order chi connectivity index (χ1) is 6.61. The molecule has 0 radical (unpaired) electrons. The average molecular weight is 262 g/mol. The maximum absolute atomic E-state index is 5.33. The predicted octanol–water partition coefficient (Wildman–Crippen LogP) is 1.46. The predicted molar refractivity (Wildman–Crippen MR) is 68.8 cm³/mol. The molecule has 0 nitrogen and oxygen atoms in total. The summed E-state index contributed by atoms with van der Waals surface area (Å²) < 4.78 is 0.974. The second-order valence-electron chi connectivity index (χ2n) is 3.44. The van der Waals surface area contributed by atoms with Crippen LogP contribution in [0.15, 0.2) is 16.9 Å². The minimum atomic E-state index is 0. The Labute approximate surface area is 145 Å². The molecule has 15 heavy (non-hydrogen) atoms. The molecule has 0 aliphatic rings. The minimum Gasteiger partial charge on any atom is -0.427 e. The Bertz CT molecular complexity index is 362. The first-order valence-corrected chi connectivity index (χ1v) is 5.93. The van der Waals surface area contributed by atoms with Gasteiger partial charge >= 0.3 is 51.4 Å². The molecule has 0 aliphatic heterocycles. The molecule has 1 rings (SSSR count). The zero-order chi connectivity index (χ0) is 10.7. The van der Waals surface area contributed by atoms with Crippen molar-refractivity contribution >= 4 is 36.1 Å². The van der Waals surface area contributed by atoms with Gasteiger partial charge in [-0.2, -0.15) is 0 Å². The summed E-state index contributed by atoms with van der Waals surface area (Å²) in [6.45, 7) is 10.2. The van der Waals surface area contributed by atoms with Gasteiger partial charge in [-0.15, -0.1) is 4.21 Å². The zero-order valence-electron chi connectivity index (χ0n) is 9.83. The molecule has 0 saturated carbocycles. The number of rotatable bonds is 3. The smallest absolute Gasteiger partial charge is 0.427 e. The van der Waals surface area contributed by atoms with E-state index < -0.39 is 0 Å². The van der Waals surface area contributed by atoms with Gasteiger partial charge in [-0.25, -0.2) is 0 Å². The summed E-state index contributed by atoms with van der Waals surface area (Å²) >= 11 is 7.04. The first-order valence-electron chi connectivity index (χ1n) is 4.70. The SMILES string of the molecule is C=Cc1c(C(C)C)sc([S-])c1/C=C\C.[K+]. The Balaban J connectivity index is 0.00000196. The standard InChI is InChI=1S/C12H16S2.K/c1-5-7-10-9(6-2)11(8(3)4)14-12(10)13;/h5-8,13H,2H2,1,3-4H3;/q;+1/p-1/b7-5-;. The summed E-state index contributed by atoms with van der Waals surface area (Å²) in [6, 6.07) is 0. The van der Waals surface area contributed by atoms with Crippen molar-refractivity contribution in [1.82, 2.24) is 0 Å². The number of hydrogen-bond donors (Lipinski definition) is 0. The molecule has 3 heteroatoms. The van der Waals surface area contributed by atoms with Crippen LogP contribution < -0.4 is 51.4 Å². The molecule has 0 bridgehead atoms. The van der Waals surface area contributed by atoms with Crippen molar-refractivity contribution in [2.24, 2.45) is 0 Å². The fourth-order valence-corrected chi connectivity index (χ4v) is 2.89. The molecular formula is C12H15KS2. The Morgan fingerprint density at radius 2 is 1.93 bits per heavy atom. The second kappa shape index (κ2) is 7.38. The van der Waals surface area contributed by atoms with E-state index in [1.807, 2.05) is 19.1 Å². The van der Waals surface area contributed by atoms with Crippen LogP contribution in [-0.2, 0) is 12.6 Å². The Hall–Kier alpha value is 1.04. The molecule has 0 atom stereocenters. The van der Waals surface area contributed by atoms with Crippen molar-refractivity contribution in [3.05, 3.63) is 28.7 Å². The van der Waals surface area contributed by atoms with E-state index in [0.717, 1.165) is 9.77 Å². The maximum Gasteiger partial charge on any atom is 1.00 e. The van der Waals surface area contributed by atoms with Gasteiger partial charge in [0.2, 0.25) is 0 Å². The van der Waals surface area contributed by atoms with Crippen LogP contribution in [0.2, 0.25) is 0 Å². The molecule has 0 aliphatic carbocycles. The van der Waals surface area contributed by atoms with Gasteiger partial charge in [-0.1, -0.05) is 43.5 Å². The topological polar surface area (TPSA) is 0 Å². The maximum atomic E-state index is 5.33. The van der Waals surface area contributed by atoms with Crippen molar-refractivity contribution in [3.8, 4) is 0 Å². The number of hydrogen-bond acceptors (Lipinski definition) is 2. The van der Waals surface area contributed by atoms with Crippen molar-refractivity contribution < 1.29 is 51.4 Å².